The average molecular weight is 652 g/mol. The number of carbonyl (C=O) groups is 2. The lowest BCUT2D eigenvalue weighted by Crippen LogP contribution is -2.52. The van der Waals surface area contributed by atoms with Gasteiger partial charge in [0.1, 0.15) is 5.01 Å². The van der Waals surface area contributed by atoms with Crippen molar-refractivity contribution in [2.45, 2.75) is 76.1 Å². The van der Waals surface area contributed by atoms with E-state index in [0.717, 1.165) is 48.5 Å². The average Bonchev–Trinajstić information content (AvgIpc) is 3.83. The van der Waals surface area contributed by atoms with Gasteiger partial charge in [0.2, 0.25) is 10.0 Å². The Morgan fingerprint density at radius 2 is 1.87 bits per heavy atom. The molecular weight excluding hydrogens is 611 g/mol. The molecule has 0 saturated carbocycles. The highest BCUT2D eigenvalue weighted by atomic mass is 32.2. The van der Waals surface area contributed by atoms with Crippen LogP contribution in [-0.4, -0.2) is 78.8 Å². The van der Waals surface area contributed by atoms with Crippen molar-refractivity contribution < 1.29 is 23.1 Å². The Kier molecular flexibility index (Phi) is 9.55. The predicted molar refractivity (Wildman–Crippen MR) is 175 cm³/mol. The second kappa shape index (κ2) is 13.6. The summed E-state index contributed by atoms with van der Waals surface area (Å²) in [4.78, 5) is 34.5. The third kappa shape index (κ3) is 7.09. The smallest absolute Gasteiger partial charge is 0.254 e. The molecule has 3 aliphatic heterocycles. The number of nitrogens with one attached hydrogen (secondary N) is 2. The Balaban J connectivity index is 1.34. The van der Waals surface area contributed by atoms with Gasteiger partial charge in [0.15, 0.2) is 0 Å². The van der Waals surface area contributed by atoms with Crippen LogP contribution >= 0.6 is 11.3 Å². The first-order valence-corrected chi connectivity index (χ1v) is 18.3. The van der Waals surface area contributed by atoms with Gasteiger partial charge in [0.05, 0.1) is 29.6 Å². The summed E-state index contributed by atoms with van der Waals surface area (Å²) in [5, 5.41) is 20.6. The molecule has 2 aromatic carbocycles. The maximum absolute atomic E-state index is 14.1. The van der Waals surface area contributed by atoms with Gasteiger partial charge >= 0.3 is 0 Å². The van der Waals surface area contributed by atoms with Crippen LogP contribution in [0.25, 0.3) is 0 Å². The third-order valence-electron chi connectivity index (χ3n) is 9.04. The molecule has 3 N–H and O–H groups in total. The topological polar surface area (TPSA) is 132 Å². The number of benzene rings is 2. The molecule has 3 aromatic rings. The van der Waals surface area contributed by atoms with Gasteiger partial charge in [-0.25, -0.2) is 13.4 Å². The molecule has 12 heteroatoms. The van der Waals surface area contributed by atoms with Crippen molar-refractivity contribution in [1.29, 1.82) is 0 Å². The minimum Gasteiger partial charge on any atom is -0.389 e. The number of aryl methyl sites for hydroxylation is 1. The fourth-order valence-electron chi connectivity index (χ4n) is 6.71. The Hall–Kier alpha value is -3.32. The van der Waals surface area contributed by atoms with Gasteiger partial charge in [0.25, 0.3) is 11.8 Å². The summed E-state index contributed by atoms with van der Waals surface area (Å²) in [7, 11) is -3.60. The van der Waals surface area contributed by atoms with Crippen LogP contribution in [0.3, 0.4) is 0 Å². The third-order valence-corrected chi connectivity index (χ3v) is 12.0. The van der Waals surface area contributed by atoms with Crippen LogP contribution in [0, 0.1) is 6.92 Å². The molecule has 2 amide bonds. The monoisotopic (exact) mass is 651 g/mol. The first kappa shape index (κ1) is 31.7. The zero-order valence-corrected chi connectivity index (χ0v) is 27.2. The van der Waals surface area contributed by atoms with Gasteiger partial charge in [-0.3, -0.25) is 13.9 Å². The predicted octanol–water partition coefficient (Wildman–Crippen LogP) is 3.81. The number of amides is 2. The fraction of sp³-hybridized carbons (Fsp3) is 0.485. The van der Waals surface area contributed by atoms with E-state index in [2.05, 4.69) is 15.6 Å². The summed E-state index contributed by atoms with van der Waals surface area (Å²) >= 11 is 1.53. The summed E-state index contributed by atoms with van der Waals surface area (Å²) in [6, 6.07) is 13.5. The van der Waals surface area contributed by atoms with Gasteiger partial charge in [-0.15, -0.1) is 11.3 Å². The molecule has 1 aromatic heterocycles. The zero-order valence-electron chi connectivity index (χ0n) is 25.5. The molecule has 0 radical (unpaired) electrons. The van der Waals surface area contributed by atoms with E-state index < -0.39 is 28.1 Å². The summed E-state index contributed by atoms with van der Waals surface area (Å²) < 4.78 is 27.6. The number of aliphatic hydroxyl groups is 1. The number of anilines is 1. The molecule has 0 unspecified atom stereocenters. The van der Waals surface area contributed by atoms with E-state index >= 15 is 0 Å². The molecule has 3 fully saturated rings. The minimum atomic E-state index is -3.60. The quantitative estimate of drug-likeness (QED) is 0.321. The number of sulfonamides is 1. The number of aliphatic hydroxyl groups excluding tert-OH is 1. The molecule has 0 bridgehead atoms. The Labute approximate surface area is 268 Å². The number of hydrogen-bond donors (Lipinski definition) is 3. The van der Waals surface area contributed by atoms with Gasteiger partial charge in [-0.2, -0.15) is 0 Å². The largest absolute Gasteiger partial charge is 0.389 e. The lowest BCUT2D eigenvalue weighted by atomic mass is 9.95. The number of nitrogens with zero attached hydrogens (tertiary/aromatic N) is 3. The number of aromatic nitrogens is 1. The van der Waals surface area contributed by atoms with Gasteiger partial charge in [-0.05, 0) is 82.2 Å². The number of rotatable bonds is 9. The number of hydrogen-bond acceptors (Lipinski definition) is 8. The number of thiazole rings is 1. The minimum absolute atomic E-state index is 0.0179. The Morgan fingerprint density at radius 3 is 2.58 bits per heavy atom. The van der Waals surface area contributed by atoms with Crippen LogP contribution in [0.5, 0.6) is 0 Å². The molecule has 4 heterocycles. The molecular formula is C33H41N5O5S2. The number of likely N-dealkylation sites (tertiary alicyclic amines) is 1. The summed E-state index contributed by atoms with van der Waals surface area (Å²) in [5.41, 5.74) is 2.63. The SMILES string of the molecule is Cc1csc([C@H]2CCCN2C(=O)c2cc(C(=O)N[C@H](Cc3ccccc3)[C@H](O)[C@@H]3CCCN3)cc(N3CCCCS3(=O)=O)c2)n1. The molecule has 6 rings (SSSR count). The summed E-state index contributed by atoms with van der Waals surface area (Å²) in [6.07, 6.45) is 4.22. The first-order valence-electron chi connectivity index (χ1n) is 15.8. The lowest BCUT2D eigenvalue weighted by Gasteiger charge is -2.30. The highest BCUT2D eigenvalue weighted by Gasteiger charge is 2.35. The second-order valence-corrected chi connectivity index (χ2v) is 15.2. The Bertz CT molecular complexity index is 1620. The van der Waals surface area contributed by atoms with Crippen LogP contribution in [-0.2, 0) is 16.4 Å². The van der Waals surface area contributed by atoms with E-state index in [4.69, 9.17) is 0 Å². The van der Waals surface area contributed by atoms with E-state index in [0.29, 0.717) is 31.5 Å². The van der Waals surface area contributed by atoms with Crippen molar-refractivity contribution >= 4 is 38.9 Å². The lowest BCUT2D eigenvalue weighted by molar-refractivity contribution is 0.0733. The van der Waals surface area contributed by atoms with E-state index in [9.17, 15) is 23.1 Å². The normalized spacial score (nSPS) is 22.7. The van der Waals surface area contributed by atoms with Gasteiger partial charge in [0, 0.05) is 41.3 Å². The van der Waals surface area contributed by atoms with Crippen LogP contribution in [0.15, 0.2) is 53.9 Å². The van der Waals surface area contributed by atoms with E-state index in [1.165, 1.54) is 15.6 Å². The maximum Gasteiger partial charge on any atom is 0.254 e. The van der Waals surface area contributed by atoms with Crippen LogP contribution < -0.4 is 14.9 Å². The molecule has 4 atom stereocenters. The first-order chi connectivity index (χ1) is 21.7. The summed E-state index contributed by atoms with van der Waals surface area (Å²) in [6.45, 7) is 3.58. The Morgan fingerprint density at radius 1 is 1.07 bits per heavy atom. The maximum atomic E-state index is 14.1. The van der Waals surface area contributed by atoms with Crippen molar-refractivity contribution in [3.05, 3.63) is 81.3 Å². The van der Waals surface area contributed by atoms with E-state index in [1.807, 2.05) is 42.6 Å². The summed E-state index contributed by atoms with van der Waals surface area (Å²) in [5.74, 6) is -0.706. The molecule has 0 spiro atoms. The highest BCUT2D eigenvalue weighted by molar-refractivity contribution is 7.92. The number of carbonyl (C=O) groups excluding carboxylic acids is 2. The van der Waals surface area contributed by atoms with Gasteiger partial charge in [-0.1, -0.05) is 30.3 Å². The highest BCUT2D eigenvalue weighted by Crippen LogP contribution is 2.36. The molecule has 3 aliphatic rings. The van der Waals surface area contributed by atoms with Crippen LogP contribution in [0.1, 0.15) is 81.5 Å². The molecule has 45 heavy (non-hydrogen) atoms. The van der Waals surface area contributed by atoms with Gasteiger partial charge < -0.3 is 20.6 Å². The van der Waals surface area contributed by atoms with Crippen molar-refractivity contribution in [2.24, 2.45) is 0 Å². The standard InChI is InChI=1S/C33H41N5O5S2/c1-22-21-44-32(35-22)29-12-8-14-37(29)33(41)25-18-24(19-26(20-25)38-15-5-6-16-45(38,42)43)31(40)36-28(17-23-9-3-2-4-10-23)30(39)27-11-7-13-34-27/h2-4,9-10,18-21,27-30,34,39H,5-8,11-17H2,1H3,(H,36,40)/t27-,28+,29+,30+/m0/s1. The van der Waals surface area contributed by atoms with Crippen molar-refractivity contribution in [1.82, 2.24) is 20.5 Å². The fourth-order valence-corrected chi connectivity index (χ4v) is 9.27. The zero-order chi connectivity index (χ0) is 31.6. The van der Waals surface area contributed by atoms with E-state index in [-0.39, 0.29) is 41.4 Å². The molecule has 0 aliphatic carbocycles. The second-order valence-electron chi connectivity index (χ2n) is 12.3. The van der Waals surface area contributed by atoms with Crippen molar-refractivity contribution in [2.75, 3.05) is 29.7 Å². The van der Waals surface area contributed by atoms with Crippen LogP contribution in [0.4, 0.5) is 5.69 Å². The molecule has 10 nitrogen and oxygen atoms in total. The van der Waals surface area contributed by atoms with Crippen molar-refractivity contribution in [3.8, 4) is 0 Å². The molecule has 3 saturated heterocycles. The van der Waals surface area contributed by atoms with E-state index in [1.54, 1.807) is 23.1 Å². The van der Waals surface area contributed by atoms with Crippen LogP contribution in [0.2, 0.25) is 0 Å². The van der Waals surface area contributed by atoms with Crippen molar-refractivity contribution in [3.63, 3.8) is 0 Å². The molecule has 240 valence electrons.